The molecule has 0 aliphatic heterocycles. The number of thiophene rings is 1. The number of carbonyl (C=O) groups is 3. The minimum Gasteiger partial charge on any atom is -0.452 e. The Morgan fingerprint density at radius 3 is 2.39 bits per heavy atom. The second-order valence-electron chi connectivity index (χ2n) is 6.06. The van der Waals surface area contributed by atoms with Crippen LogP contribution in [0.15, 0.2) is 60.0 Å². The molecule has 0 spiro atoms. The van der Waals surface area contributed by atoms with Crippen molar-refractivity contribution in [2.24, 2.45) is 0 Å². The number of rotatable bonds is 7. The molecule has 0 aliphatic carbocycles. The smallest absolute Gasteiger partial charge is 0.338 e. The van der Waals surface area contributed by atoms with Crippen molar-refractivity contribution in [3.8, 4) is 0 Å². The van der Waals surface area contributed by atoms with Crippen molar-refractivity contribution < 1.29 is 28.4 Å². The molecule has 0 unspecified atom stereocenters. The van der Waals surface area contributed by atoms with E-state index in [4.69, 9.17) is 4.74 Å². The highest BCUT2D eigenvalue weighted by molar-refractivity contribution is 7.12. The number of amides is 2. The fourth-order valence-corrected chi connectivity index (χ4v) is 3.05. The molecule has 1 aromatic heterocycles. The van der Waals surface area contributed by atoms with Gasteiger partial charge in [0.1, 0.15) is 0 Å². The van der Waals surface area contributed by atoms with Gasteiger partial charge in [0.15, 0.2) is 6.61 Å². The molecule has 1 heterocycles. The largest absolute Gasteiger partial charge is 0.452 e. The Labute approximate surface area is 178 Å². The van der Waals surface area contributed by atoms with E-state index < -0.39 is 34.9 Å². The molecule has 0 atom stereocenters. The van der Waals surface area contributed by atoms with Gasteiger partial charge in [-0.2, -0.15) is 4.39 Å². The topological polar surface area (TPSA) is 128 Å². The predicted octanol–water partition coefficient (Wildman–Crippen LogP) is 3.84. The number of esters is 1. The average Bonchev–Trinajstić information content (AvgIpc) is 3.29. The summed E-state index contributed by atoms with van der Waals surface area (Å²) in [6, 6.07) is 12.2. The molecule has 3 rings (SSSR count). The summed E-state index contributed by atoms with van der Waals surface area (Å²) in [4.78, 5) is 46.3. The second-order valence-corrected chi connectivity index (χ2v) is 7.00. The van der Waals surface area contributed by atoms with Crippen molar-refractivity contribution in [1.82, 2.24) is 0 Å². The van der Waals surface area contributed by atoms with Gasteiger partial charge in [-0.15, -0.1) is 11.3 Å². The summed E-state index contributed by atoms with van der Waals surface area (Å²) >= 11 is 1.30. The van der Waals surface area contributed by atoms with E-state index in [9.17, 15) is 28.9 Å². The van der Waals surface area contributed by atoms with Crippen LogP contribution in [0.1, 0.15) is 20.0 Å². The number of nitrogens with one attached hydrogen (secondary N) is 2. The van der Waals surface area contributed by atoms with E-state index in [1.165, 1.54) is 35.6 Å². The molecule has 31 heavy (non-hydrogen) atoms. The number of anilines is 2. The summed E-state index contributed by atoms with van der Waals surface area (Å²) in [6.07, 6.45) is 0. The quantitative estimate of drug-likeness (QED) is 0.324. The third kappa shape index (κ3) is 5.70. The Kier molecular flexibility index (Phi) is 6.67. The zero-order valence-corrected chi connectivity index (χ0v) is 16.5. The molecule has 2 N–H and O–H groups in total. The fourth-order valence-electron chi connectivity index (χ4n) is 2.43. The maximum Gasteiger partial charge on any atom is 0.338 e. The summed E-state index contributed by atoms with van der Waals surface area (Å²) in [5.74, 6) is -2.85. The van der Waals surface area contributed by atoms with Crippen LogP contribution in [0, 0.1) is 15.9 Å². The molecular weight excluding hydrogens is 429 g/mol. The molecule has 0 aliphatic rings. The first-order valence-electron chi connectivity index (χ1n) is 8.69. The summed E-state index contributed by atoms with van der Waals surface area (Å²) in [5, 5.41) is 17.5. The molecule has 0 bridgehead atoms. The van der Waals surface area contributed by atoms with E-state index in [1.54, 1.807) is 17.5 Å². The van der Waals surface area contributed by atoms with Crippen LogP contribution < -0.4 is 10.6 Å². The lowest BCUT2D eigenvalue weighted by atomic mass is 10.2. The third-order valence-electron chi connectivity index (χ3n) is 3.88. The molecule has 158 valence electrons. The van der Waals surface area contributed by atoms with Gasteiger partial charge >= 0.3 is 11.7 Å². The van der Waals surface area contributed by atoms with Crippen molar-refractivity contribution in [3.05, 3.63) is 86.3 Å². The van der Waals surface area contributed by atoms with Crippen LogP contribution in [0.3, 0.4) is 0 Å². The first-order chi connectivity index (χ1) is 14.8. The fraction of sp³-hybridized carbons (Fsp3) is 0.0500. The van der Waals surface area contributed by atoms with E-state index in [-0.39, 0.29) is 17.2 Å². The number of hydrogen-bond donors (Lipinski definition) is 2. The van der Waals surface area contributed by atoms with Crippen molar-refractivity contribution in [2.45, 2.75) is 0 Å². The summed E-state index contributed by atoms with van der Waals surface area (Å²) in [5.41, 5.74) is -0.175. The number of nitro groups is 1. The van der Waals surface area contributed by atoms with E-state index in [0.29, 0.717) is 10.6 Å². The average molecular weight is 443 g/mol. The Balaban J connectivity index is 1.52. The second kappa shape index (κ2) is 9.59. The normalized spacial score (nSPS) is 10.2. The SMILES string of the molecule is O=C(COC(=O)c1ccc(NC(=O)c2cccs2)cc1)Nc1ccc(F)c([N+](=O)[O-])c1. The van der Waals surface area contributed by atoms with Crippen LogP contribution in [-0.2, 0) is 9.53 Å². The van der Waals surface area contributed by atoms with E-state index >= 15 is 0 Å². The molecule has 9 nitrogen and oxygen atoms in total. The molecular formula is C20H14FN3O6S. The van der Waals surface area contributed by atoms with E-state index in [0.717, 1.165) is 18.2 Å². The Morgan fingerprint density at radius 1 is 1.03 bits per heavy atom. The van der Waals surface area contributed by atoms with Gasteiger partial charge in [-0.3, -0.25) is 19.7 Å². The first-order valence-corrected chi connectivity index (χ1v) is 9.57. The summed E-state index contributed by atoms with van der Waals surface area (Å²) in [7, 11) is 0. The van der Waals surface area contributed by atoms with Crippen molar-refractivity contribution in [3.63, 3.8) is 0 Å². The molecule has 3 aromatic rings. The Bertz CT molecular complexity index is 1130. The lowest BCUT2D eigenvalue weighted by molar-refractivity contribution is -0.387. The van der Waals surface area contributed by atoms with Crippen molar-refractivity contribution in [1.29, 1.82) is 0 Å². The number of nitrogens with zero attached hydrogens (tertiary/aromatic N) is 1. The Morgan fingerprint density at radius 2 is 1.74 bits per heavy atom. The number of ether oxygens (including phenoxy) is 1. The summed E-state index contributed by atoms with van der Waals surface area (Å²) in [6.45, 7) is -0.652. The predicted molar refractivity (Wildman–Crippen MR) is 111 cm³/mol. The first kappa shape index (κ1) is 21.6. The molecule has 0 saturated heterocycles. The molecule has 0 radical (unpaired) electrons. The van der Waals surface area contributed by atoms with E-state index in [1.807, 2.05) is 0 Å². The van der Waals surface area contributed by atoms with Crippen LogP contribution in [0.2, 0.25) is 0 Å². The van der Waals surface area contributed by atoms with Gasteiger partial charge < -0.3 is 15.4 Å². The minimum atomic E-state index is -1.04. The van der Waals surface area contributed by atoms with Gasteiger partial charge in [-0.05, 0) is 47.8 Å². The van der Waals surface area contributed by atoms with Gasteiger partial charge in [-0.1, -0.05) is 6.07 Å². The zero-order valence-electron chi connectivity index (χ0n) is 15.7. The molecule has 2 amide bonds. The van der Waals surface area contributed by atoms with Crippen molar-refractivity contribution >= 4 is 46.2 Å². The number of hydrogen-bond acceptors (Lipinski definition) is 7. The van der Waals surface area contributed by atoms with Gasteiger partial charge in [0, 0.05) is 17.4 Å². The highest BCUT2D eigenvalue weighted by Gasteiger charge is 2.16. The minimum absolute atomic E-state index is 0.0139. The monoisotopic (exact) mass is 443 g/mol. The number of halogens is 1. The Hall–Kier alpha value is -4.12. The lowest BCUT2D eigenvalue weighted by Crippen LogP contribution is -2.21. The zero-order chi connectivity index (χ0) is 22.4. The van der Waals surface area contributed by atoms with Gasteiger partial charge in [0.05, 0.1) is 15.4 Å². The van der Waals surface area contributed by atoms with Crippen LogP contribution in [0.25, 0.3) is 0 Å². The maximum absolute atomic E-state index is 13.3. The molecule has 0 saturated carbocycles. The highest BCUT2D eigenvalue weighted by Crippen LogP contribution is 2.21. The molecule has 2 aromatic carbocycles. The van der Waals surface area contributed by atoms with Crippen LogP contribution >= 0.6 is 11.3 Å². The van der Waals surface area contributed by atoms with Crippen LogP contribution in [0.4, 0.5) is 21.5 Å². The highest BCUT2D eigenvalue weighted by atomic mass is 32.1. The number of carbonyl (C=O) groups excluding carboxylic acids is 3. The maximum atomic E-state index is 13.3. The summed E-state index contributed by atoms with van der Waals surface area (Å²) < 4.78 is 18.2. The molecule has 11 heteroatoms. The standard InChI is InChI=1S/C20H14FN3O6S/c21-15-8-7-14(10-16(15)24(28)29)22-18(25)11-30-20(27)12-3-5-13(6-4-12)23-19(26)17-2-1-9-31-17/h1-10H,11H2,(H,22,25)(H,23,26). The van der Waals surface area contributed by atoms with Crippen LogP contribution in [-0.4, -0.2) is 29.3 Å². The lowest BCUT2D eigenvalue weighted by Gasteiger charge is -2.08. The van der Waals surface area contributed by atoms with Crippen LogP contribution in [0.5, 0.6) is 0 Å². The van der Waals surface area contributed by atoms with Gasteiger partial charge in [-0.25, -0.2) is 4.79 Å². The van der Waals surface area contributed by atoms with Crippen molar-refractivity contribution in [2.75, 3.05) is 17.2 Å². The third-order valence-corrected chi connectivity index (χ3v) is 4.75. The molecule has 0 fully saturated rings. The number of benzene rings is 2. The van der Waals surface area contributed by atoms with Gasteiger partial charge in [0.2, 0.25) is 5.82 Å². The van der Waals surface area contributed by atoms with E-state index in [2.05, 4.69) is 10.6 Å². The number of nitro benzene ring substituents is 1. The van der Waals surface area contributed by atoms with Gasteiger partial charge in [0.25, 0.3) is 11.8 Å².